The first-order chi connectivity index (χ1) is 8.42. The maximum atomic E-state index is 11.4. The third-order valence-electron chi connectivity index (χ3n) is 3.28. The van der Waals surface area contributed by atoms with Crippen LogP contribution < -0.4 is 4.74 Å². The van der Waals surface area contributed by atoms with Gasteiger partial charge in [0.25, 0.3) is 0 Å². The number of carbonyl (C=O) groups excluding carboxylic acids is 1. The van der Waals surface area contributed by atoms with E-state index in [-0.39, 0.29) is 6.42 Å². The zero-order valence-electron chi connectivity index (χ0n) is 10.5. The number of ketones is 1. The Kier molecular flexibility index (Phi) is 3.11. The summed E-state index contributed by atoms with van der Waals surface area (Å²) in [6, 6.07) is 5.83. The summed E-state index contributed by atoms with van der Waals surface area (Å²) in [5, 5.41) is 8.70. The van der Waals surface area contributed by atoms with Crippen LogP contribution in [0.5, 0.6) is 5.75 Å². The standard InChI is InChI=1S/C14H16O4/c1-14(2,8-11(15)13(16)17)10-5-3-4-9-6-7-18-12(9)10/h3-5H,6-8H2,1-2H3,(H,16,17). The Morgan fingerprint density at radius 1 is 1.39 bits per heavy atom. The molecule has 0 spiro atoms. The van der Waals surface area contributed by atoms with Crippen LogP contribution in [0, 0.1) is 0 Å². The summed E-state index contributed by atoms with van der Waals surface area (Å²) in [7, 11) is 0. The average molecular weight is 248 g/mol. The van der Waals surface area contributed by atoms with Crippen molar-refractivity contribution < 1.29 is 19.4 Å². The molecule has 1 heterocycles. The van der Waals surface area contributed by atoms with E-state index in [0.717, 1.165) is 23.3 Å². The number of aliphatic carboxylic acids is 1. The van der Waals surface area contributed by atoms with Crippen LogP contribution in [-0.2, 0) is 21.4 Å². The van der Waals surface area contributed by atoms with Crippen molar-refractivity contribution in [2.45, 2.75) is 32.1 Å². The molecule has 1 aromatic rings. The molecule has 1 aliphatic heterocycles. The number of Topliss-reactive ketones (excluding diaryl/α,β-unsaturated/α-hetero) is 1. The number of ether oxygens (including phenoxy) is 1. The number of carboxylic acids is 1. The van der Waals surface area contributed by atoms with Crippen LogP contribution in [0.1, 0.15) is 31.4 Å². The minimum absolute atomic E-state index is 0.0256. The van der Waals surface area contributed by atoms with Crippen molar-refractivity contribution in [3.8, 4) is 5.75 Å². The van der Waals surface area contributed by atoms with Crippen LogP contribution in [0.25, 0.3) is 0 Å². The van der Waals surface area contributed by atoms with Crippen LogP contribution in [0.4, 0.5) is 0 Å². The largest absolute Gasteiger partial charge is 0.493 e. The van der Waals surface area contributed by atoms with Gasteiger partial charge in [-0.1, -0.05) is 32.0 Å². The molecule has 0 aromatic heterocycles. The van der Waals surface area contributed by atoms with E-state index in [0.29, 0.717) is 6.61 Å². The Morgan fingerprint density at radius 3 is 2.78 bits per heavy atom. The summed E-state index contributed by atoms with van der Waals surface area (Å²) < 4.78 is 5.60. The lowest BCUT2D eigenvalue weighted by atomic mass is 9.79. The summed E-state index contributed by atoms with van der Waals surface area (Å²) in [6.07, 6.45) is 0.842. The summed E-state index contributed by atoms with van der Waals surface area (Å²) in [5.41, 5.74) is 1.50. The molecule has 0 saturated heterocycles. The lowest BCUT2D eigenvalue weighted by Gasteiger charge is -2.25. The second-order valence-electron chi connectivity index (χ2n) is 5.18. The molecule has 1 N–H and O–H groups in total. The molecule has 0 unspecified atom stereocenters. The van der Waals surface area contributed by atoms with E-state index in [1.807, 2.05) is 32.0 Å². The molecular weight excluding hydrogens is 232 g/mol. The fourth-order valence-electron chi connectivity index (χ4n) is 2.32. The minimum atomic E-state index is -1.38. The van der Waals surface area contributed by atoms with Gasteiger partial charge in [-0.2, -0.15) is 0 Å². The van der Waals surface area contributed by atoms with Gasteiger partial charge in [0, 0.05) is 23.8 Å². The molecule has 2 rings (SSSR count). The number of benzene rings is 1. The van der Waals surface area contributed by atoms with Crippen molar-refractivity contribution in [2.75, 3.05) is 6.61 Å². The van der Waals surface area contributed by atoms with Gasteiger partial charge in [0.15, 0.2) is 0 Å². The first-order valence-electron chi connectivity index (χ1n) is 5.93. The van der Waals surface area contributed by atoms with Gasteiger partial charge in [0.2, 0.25) is 5.78 Å². The smallest absolute Gasteiger partial charge is 0.372 e. The fourth-order valence-corrected chi connectivity index (χ4v) is 2.32. The fraction of sp³-hybridized carbons (Fsp3) is 0.429. The monoisotopic (exact) mass is 248 g/mol. The SMILES string of the molecule is CC(C)(CC(=O)C(=O)O)c1cccc2c1OCC2. The van der Waals surface area contributed by atoms with Crippen LogP contribution in [0.2, 0.25) is 0 Å². The van der Waals surface area contributed by atoms with Crippen molar-refractivity contribution >= 4 is 11.8 Å². The van der Waals surface area contributed by atoms with Crippen molar-refractivity contribution in [2.24, 2.45) is 0 Å². The van der Waals surface area contributed by atoms with Crippen LogP contribution in [0.15, 0.2) is 18.2 Å². The number of rotatable bonds is 4. The lowest BCUT2D eigenvalue weighted by Crippen LogP contribution is -2.26. The summed E-state index contributed by atoms with van der Waals surface area (Å²) >= 11 is 0. The van der Waals surface area contributed by atoms with Gasteiger partial charge in [-0.25, -0.2) is 4.79 Å². The van der Waals surface area contributed by atoms with E-state index in [2.05, 4.69) is 0 Å². The number of hydrogen-bond donors (Lipinski definition) is 1. The highest BCUT2D eigenvalue weighted by Crippen LogP contribution is 2.39. The van der Waals surface area contributed by atoms with E-state index in [4.69, 9.17) is 9.84 Å². The van der Waals surface area contributed by atoms with E-state index in [9.17, 15) is 9.59 Å². The minimum Gasteiger partial charge on any atom is -0.493 e. The third-order valence-corrected chi connectivity index (χ3v) is 3.28. The predicted octanol–water partition coefficient (Wildman–Crippen LogP) is 1.94. The third kappa shape index (κ3) is 2.23. The molecular formula is C14H16O4. The Hall–Kier alpha value is -1.84. The Labute approximate surface area is 106 Å². The number of carbonyl (C=O) groups is 2. The second kappa shape index (κ2) is 4.44. The number of para-hydroxylation sites is 1. The zero-order chi connectivity index (χ0) is 13.3. The predicted molar refractivity (Wildman–Crippen MR) is 65.9 cm³/mol. The molecule has 0 aliphatic carbocycles. The highest BCUT2D eigenvalue weighted by atomic mass is 16.5. The number of hydrogen-bond acceptors (Lipinski definition) is 3. The Morgan fingerprint density at radius 2 is 2.11 bits per heavy atom. The van der Waals surface area contributed by atoms with Crippen LogP contribution in [0.3, 0.4) is 0 Å². The Bertz CT molecular complexity index is 503. The van der Waals surface area contributed by atoms with E-state index < -0.39 is 17.2 Å². The highest BCUT2D eigenvalue weighted by Gasteiger charge is 2.32. The molecule has 1 aliphatic rings. The highest BCUT2D eigenvalue weighted by molar-refractivity contribution is 6.32. The van der Waals surface area contributed by atoms with Gasteiger partial charge in [0.1, 0.15) is 5.75 Å². The van der Waals surface area contributed by atoms with Crippen molar-refractivity contribution in [1.82, 2.24) is 0 Å². The van der Waals surface area contributed by atoms with Crippen molar-refractivity contribution in [3.05, 3.63) is 29.3 Å². The molecule has 0 atom stereocenters. The molecule has 4 heteroatoms. The first kappa shape index (κ1) is 12.6. The summed E-state index contributed by atoms with van der Waals surface area (Å²) in [4.78, 5) is 22.1. The topological polar surface area (TPSA) is 63.6 Å². The van der Waals surface area contributed by atoms with E-state index in [1.165, 1.54) is 0 Å². The maximum absolute atomic E-state index is 11.4. The van der Waals surface area contributed by atoms with Gasteiger partial charge in [0.05, 0.1) is 6.61 Å². The molecule has 0 bridgehead atoms. The van der Waals surface area contributed by atoms with Gasteiger partial charge in [-0.15, -0.1) is 0 Å². The van der Waals surface area contributed by atoms with E-state index in [1.54, 1.807) is 0 Å². The van der Waals surface area contributed by atoms with Crippen LogP contribution in [-0.4, -0.2) is 23.5 Å². The quantitative estimate of drug-likeness (QED) is 0.827. The molecule has 0 saturated carbocycles. The zero-order valence-corrected chi connectivity index (χ0v) is 10.5. The Balaban J connectivity index is 2.33. The normalized spacial score (nSPS) is 13.9. The average Bonchev–Trinajstić information content (AvgIpc) is 2.75. The molecule has 18 heavy (non-hydrogen) atoms. The van der Waals surface area contributed by atoms with Gasteiger partial charge < -0.3 is 9.84 Å². The van der Waals surface area contributed by atoms with Gasteiger partial charge >= 0.3 is 5.97 Å². The number of fused-ring (bicyclic) bond motifs is 1. The molecule has 96 valence electrons. The molecule has 0 radical (unpaired) electrons. The molecule has 4 nitrogen and oxygen atoms in total. The molecule has 0 fully saturated rings. The van der Waals surface area contributed by atoms with E-state index >= 15 is 0 Å². The van der Waals surface area contributed by atoms with Crippen molar-refractivity contribution in [3.63, 3.8) is 0 Å². The maximum Gasteiger partial charge on any atom is 0.372 e. The van der Waals surface area contributed by atoms with Crippen molar-refractivity contribution in [1.29, 1.82) is 0 Å². The number of carboxylic acid groups (broad SMARTS) is 1. The summed E-state index contributed by atoms with van der Waals surface area (Å²) in [5.74, 6) is -1.33. The summed E-state index contributed by atoms with van der Waals surface area (Å²) in [6.45, 7) is 4.38. The molecule has 1 aromatic carbocycles. The van der Waals surface area contributed by atoms with Gasteiger partial charge in [-0.05, 0) is 5.56 Å². The second-order valence-corrected chi connectivity index (χ2v) is 5.18. The molecule has 0 amide bonds. The first-order valence-corrected chi connectivity index (χ1v) is 5.93. The van der Waals surface area contributed by atoms with Crippen LogP contribution >= 0.6 is 0 Å². The van der Waals surface area contributed by atoms with Gasteiger partial charge in [-0.3, -0.25) is 4.79 Å². The lowest BCUT2D eigenvalue weighted by molar-refractivity contribution is -0.149.